The average molecular weight is 336 g/mol. The average Bonchev–Trinajstić information content (AvgIpc) is 2.79. The lowest BCUT2D eigenvalue weighted by Crippen LogP contribution is -2.42. The van der Waals surface area contributed by atoms with Crippen molar-refractivity contribution in [3.63, 3.8) is 0 Å². The summed E-state index contributed by atoms with van der Waals surface area (Å²) in [4.78, 5) is 14.2. The first-order valence-corrected chi connectivity index (χ1v) is 7.68. The lowest BCUT2D eigenvalue weighted by atomic mass is 10.2. The number of aromatic nitrogens is 2. The largest absolute Gasteiger partial charge is 0.486 e. The molecule has 3 rings (SSSR count). The third-order valence-corrected chi connectivity index (χ3v) is 4.20. The molecule has 23 heavy (non-hydrogen) atoms. The summed E-state index contributed by atoms with van der Waals surface area (Å²) in [6, 6.07) is 7.49. The molecule has 7 heteroatoms. The number of hydrogen-bond donors (Lipinski definition) is 0. The number of hydrogen-bond acceptors (Lipinski definition) is 4. The highest BCUT2D eigenvalue weighted by atomic mass is 35.5. The molecular formula is C16H18ClN3O3. The Morgan fingerprint density at radius 2 is 2.13 bits per heavy atom. The molecule has 2 aromatic rings. The molecule has 0 saturated carbocycles. The zero-order valence-corrected chi connectivity index (χ0v) is 14.0. The van der Waals surface area contributed by atoms with Crippen molar-refractivity contribution in [2.75, 3.05) is 20.2 Å². The lowest BCUT2D eigenvalue weighted by Gasteiger charge is -2.29. The number of amides is 1. The summed E-state index contributed by atoms with van der Waals surface area (Å²) < 4.78 is 13.1. The van der Waals surface area contributed by atoms with Gasteiger partial charge in [-0.1, -0.05) is 23.7 Å². The summed E-state index contributed by atoms with van der Waals surface area (Å²) in [6.07, 6.45) is -0.230. The molecule has 6 nitrogen and oxygen atoms in total. The predicted octanol–water partition coefficient (Wildman–Crippen LogP) is 2.29. The van der Waals surface area contributed by atoms with Gasteiger partial charge in [0.1, 0.15) is 12.3 Å². The first-order valence-electron chi connectivity index (χ1n) is 7.30. The second-order valence-corrected chi connectivity index (χ2v) is 5.93. The van der Waals surface area contributed by atoms with Crippen LogP contribution >= 0.6 is 11.6 Å². The van der Waals surface area contributed by atoms with Gasteiger partial charge in [0.15, 0.2) is 17.6 Å². The van der Waals surface area contributed by atoms with Crippen LogP contribution in [0.1, 0.15) is 16.2 Å². The smallest absolute Gasteiger partial charge is 0.273 e. The summed E-state index contributed by atoms with van der Waals surface area (Å²) in [5, 5.41) is 4.56. The second-order valence-electron chi connectivity index (χ2n) is 5.55. The van der Waals surface area contributed by atoms with Crippen LogP contribution in [-0.4, -0.2) is 46.9 Å². The molecule has 1 aliphatic heterocycles. The third-order valence-electron chi connectivity index (χ3n) is 3.74. The zero-order chi connectivity index (χ0) is 16.6. The van der Waals surface area contributed by atoms with E-state index in [0.29, 0.717) is 35.3 Å². The first kappa shape index (κ1) is 15.7. The summed E-state index contributed by atoms with van der Waals surface area (Å²) in [6.45, 7) is 2.56. The summed E-state index contributed by atoms with van der Waals surface area (Å²) >= 11 is 6.18. The van der Waals surface area contributed by atoms with Gasteiger partial charge in [0.2, 0.25) is 0 Å². The van der Waals surface area contributed by atoms with Crippen LogP contribution in [-0.2, 0) is 7.05 Å². The van der Waals surface area contributed by atoms with E-state index in [2.05, 4.69) is 5.10 Å². The Morgan fingerprint density at radius 3 is 2.78 bits per heavy atom. The quantitative estimate of drug-likeness (QED) is 0.863. The maximum absolute atomic E-state index is 12.6. The number of benzene rings is 1. The normalized spacial score (nSPS) is 16.3. The summed E-state index contributed by atoms with van der Waals surface area (Å²) in [5.41, 5.74) is 1.01. The van der Waals surface area contributed by atoms with Gasteiger partial charge in [0.05, 0.1) is 17.3 Å². The van der Waals surface area contributed by atoms with E-state index < -0.39 is 0 Å². The van der Waals surface area contributed by atoms with E-state index in [-0.39, 0.29) is 12.0 Å². The van der Waals surface area contributed by atoms with Crippen LogP contribution in [0.2, 0.25) is 5.02 Å². The molecule has 0 bridgehead atoms. The molecule has 1 aromatic heterocycles. The standard InChI is InChI=1S/C16H18ClN3O3/c1-10-14(17)15(20(3)18-10)16(21)19(2)8-11-9-22-12-6-4-5-7-13(12)23-11/h4-7,11H,8-9H2,1-3H3/t11-/m1/s1. The minimum Gasteiger partial charge on any atom is -0.486 e. The van der Waals surface area contributed by atoms with Crippen molar-refractivity contribution in [2.45, 2.75) is 13.0 Å². The van der Waals surface area contributed by atoms with Crippen LogP contribution in [0.5, 0.6) is 11.5 Å². The third kappa shape index (κ3) is 2.99. The SMILES string of the molecule is Cc1nn(C)c(C(=O)N(C)C[C@@H]2COc3ccccc3O2)c1Cl. The van der Waals surface area contributed by atoms with E-state index in [9.17, 15) is 4.79 Å². The lowest BCUT2D eigenvalue weighted by molar-refractivity contribution is 0.0514. The van der Waals surface area contributed by atoms with Gasteiger partial charge in [0, 0.05) is 14.1 Å². The molecule has 0 fully saturated rings. The van der Waals surface area contributed by atoms with Crippen molar-refractivity contribution in [1.82, 2.24) is 14.7 Å². The molecule has 0 radical (unpaired) electrons. The molecule has 0 unspecified atom stereocenters. The molecule has 1 amide bonds. The number of carbonyl (C=O) groups excluding carboxylic acids is 1. The van der Waals surface area contributed by atoms with Crippen molar-refractivity contribution in [3.05, 3.63) is 40.7 Å². The number of fused-ring (bicyclic) bond motifs is 1. The molecule has 122 valence electrons. The maximum Gasteiger partial charge on any atom is 0.273 e. The Kier molecular flexibility index (Phi) is 4.17. The number of rotatable bonds is 3. The molecule has 1 atom stereocenters. The highest BCUT2D eigenvalue weighted by Crippen LogP contribution is 2.31. The fraction of sp³-hybridized carbons (Fsp3) is 0.375. The van der Waals surface area contributed by atoms with E-state index in [0.717, 1.165) is 5.75 Å². The number of carbonyl (C=O) groups is 1. The van der Waals surface area contributed by atoms with Crippen LogP contribution < -0.4 is 9.47 Å². The van der Waals surface area contributed by atoms with Crippen LogP contribution in [0.15, 0.2) is 24.3 Å². The fourth-order valence-corrected chi connectivity index (χ4v) is 2.83. The van der Waals surface area contributed by atoms with Crippen LogP contribution in [0, 0.1) is 6.92 Å². The molecule has 1 aromatic carbocycles. The van der Waals surface area contributed by atoms with Crippen molar-refractivity contribution >= 4 is 17.5 Å². The van der Waals surface area contributed by atoms with Crippen molar-refractivity contribution < 1.29 is 14.3 Å². The van der Waals surface area contributed by atoms with E-state index in [1.165, 1.54) is 4.68 Å². The number of para-hydroxylation sites is 2. The van der Waals surface area contributed by atoms with Crippen molar-refractivity contribution in [3.8, 4) is 11.5 Å². The molecule has 0 N–H and O–H groups in total. The van der Waals surface area contributed by atoms with Crippen LogP contribution in [0.4, 0.5) is 0 Å². The Balaban J connectivity index is 1.70. The Bertz CT molecular complexity index is 744. The Morgan fingerprint density at radius 1 is 1.43 bits per heavy atom. The topological polar surface area (TPSA) is 56.6 Å². The van der Waals surface area contributed by atoms with E-state index >= 15 is 0 Å². The van der Waals surface area contributed by atoms with Crippen molar-refractivity contribution in [1.29, 1.82) is 0 Å². The first-order chi connectivity index (χ1) is 11.0. The number of likely N-dealkylation sites (N-methyl/N-ethyl adjacent to an activating group) is 1. The molecule has 0 saturated heterocycles. The highest BCUT2D eigenvalue weighted by molar-refractivity contribution is 6.34. The van der Waals surface area contributed by atoms with Gasteiger partial charge in [-0.05, 0) is 19.1 Å². The minimum absolute atomic E-state index is 0.194. The number of ether oxygens (including phenoxy) is 2. The van der Waals surface area contributed by atoms with Gasteiger partial charge in [0.25, 0.3) is 5.91 Å². The van der Waals surface area contributed by atoms with Gasteiger partial charge in [-0.15, -0.1) is 0 Å². The number of aryl methyl sites for hydroxylation is 2. The van der Waals surface area contributed by atoms with E-state index in [1.54, 1.807) is 25.9 Å². The Labute approximate surface area is 139 Å². The van der Waals surface area contributed by atoms with Gasteiger partial charge < -0.3 is 14.4 Å². The summed E-state index contributed by atoms with van der Waals surface area (Å²) in [7, 11) is 3.42. The van der Waals surface area contributed by atoms with Gasteiger partial charge in [-0.2, -0.15) is 5.10 Å². The number of halogens is 1. The van der Waals surface area contributed by atoms with E-state index in [4.69, 9.17) is 21.1 Å². The summed E-state index contributed by atoms with van der Waals surface area (Å²) in [5.74, 6) is 1.22. The molecule has 1 aliphatic rings. The molecule has 0 spiro atoms. The molecular weight excluding hydrogens is 318 g/mol. The molecule has 0 aliphatic carbocycles. The monoisotopic (exact) mass is 335 g/mol. The second kappa shape index (κ2) is 6.12. The fourth-order valence-electron chi connectivity index (χ4n) is 2.59. The highest BCUT2D eigenvalue weighted by Gasteiger charge is 2.27. The Hall–Kier alpha value is -2.21. The minimum atomic E-state index is -0.230. The van der Waals surface area contributed by atoms with Gasteiger partial charge in [-0.3, -0.25) is 9.48 Å². The predicted molar refractivity (Wildman–Crippen MR) is 86.3 cm³/mol. The van der Waals surface area contributed by atoms with Crippen molar-refractivity contribution in [2.24, 2.45) is 7.05 Å². The van der Waals surface area contributed by atoms with Crippen LogP contribution in [0.25, 0.3) is 0 Å². The van der Waals surface area contributed by atoms with Crippen LogP contribution in [0.3, 0.4) is 0 Å². The zero-order valence-electron chi connectivity index (χ0n) is 13.2. The van der Waals surface area contributed by atoms with E-state index in [1.807, 2.05) is 24.3 Å². The van der Waals surface area contributed by atoms with Gasteiger partial charge in [-0.25, -0.2) is 0 Å². The maximum atomic E-state index is 12.6. The molecule has 2 heterocycles. The number of nitrogens with zero attached hydrogens (tertiary/aromatic N) is 3. The van der Waals surface area contributed by atoms with Gasteiger partial charge >= 0.3 is 0 Å².